The number of hydrogen-bond acceptors (Lipinski definition) is 4. The second kappa shape index (κ2) is 4.88. The normalized spacial score (nSPS) is 11.7. The fraction of sp³-hybridized carbons (Fsp3) is 0.0909. The third kappa shape index (κ3) is 2.53. The summed E-state index contributed by atoms with van der Waals surface area (Å²) < 4.78 is 53.8. The summed E-state index contributed by atoms with van der Waals surface area (Å²) in [5.74, 6) is -0.372. The number of alkyl halides is 2. The molecule has 1 aromatic heterocycles. The Kier molecular flexibility index (Phi) is 3.43. The minimum Gasteiger partial charge on any atom is -0.433 e. The van der Waals surface area contributed by atoms with Crippen molar-refractivity contribution in [2.24, 2.45) is 0 Å². The van der Waals surface area contributed by atoms with Crippen molar-refractivity contribution in [2.75, 3.05) is 5.73 Å². The largest absolute Gasteiger partial charge is 0.433 e. The van der Waals surface area contributed by atoms with E-state index in [1.165, 1.54) is 42.7 Å². The van der Waals surface area contributed by atoms with Crippen LogP contribution in [0.3, 0.4) is 0 Å². The van der Waals surface area contributed by atoms with Gasteiger partial charge < -0.3 is 10.5 Å². The van der Waals surface area contributed by atoms with E-state index in [1.807, 2.05) is 0 Å². The molecule has 1 aromatic carbocycles. The zero-order chi connectivity index (χ0) is 14.0. The standard InChI is InChI=1S/C11H10F2N2O3S/c12-11(13)18-8-4-3-5-9(10(8)14)19(16,17)15-6-1-2-7-15/h1-7,11H,14H2. The molecule has 0 unspecified atom stereocenters. The highest BCUT2D eigenvalue weighted by atomic mass is 32.2. The summed E-state index contributed by atoms with van der Waals surface area (Å²) in [6.45, 7) is -3.08. The van der Waals surface area contributed by atoms with E-state index in [9.17, 15) is 17.2 Å². The molecule has 0 aliphatic carbocycles. The molecule has 8 heteroatoms. The lowest BCUT2D eigenvalue weighted by Gasteiger charge is -2.12. The Morgan fingerprint density at radius 2 is 1.79 bits per heavy atom. The maximum Gasteiger partial charge on any atom is 0.387 e. The second-order valence-corrected chi connectivity index (χ2v) is 5.38. The van der Waals surface area contributed by atoms with Crippen molar-refractivity contribution < 1.29 is 21.9 Å². The first-order valence-corrected chi connectivity index (χ1v) is 6.59. The number of ether oxygens (including phenoxy) is 1. The Balaban J connectivity index is 2.52. The number of anilines is 1. The van der Waals surface area contributed by atoms with Gasteiger partial charge in [-0.3, -0.25) is 0 Å². The van der Waals surface area contributed by atoms with E-state index in [2.05, 4.69) is 4.74 Å². The van der Waals surface area contributed by atoms with Gasteiger partial charge in [0.2, 0.25) is 0 Å². The Labute approximate surface area is 108 Å². The summed E-state index contributed by atoms with van der Waals surface area (Å²) in [7, 11) is -3.92. The average molecular weight is 288 g/mol. The summed E-state index contributed by atoms with van der Waals surface area (Å²) in [5.41, 5.74) is 5.22. The van der Waals surface area contributed by atoms with Crippen LogP contribution in [0.15, 0.2) is 47.6 Å². The highest BCUT2D eigenvalue weighted by Gasteiger charge is 2.22. The van der Waals surface area contributed by atoms with Crippen LogP contribution in [0, 0.1) is 0 Å². The average Bonchev–Trinajstić information content (AvgIpc) is 2.85. The minimum absolute atomic E-state index is 0.290. The summed E-state index contributed by atoms with van der Waals surface area (Å²) in [6.07, 6.45) is 2.63. The van der Waals surface area contributed by atoms with Crippen molar-refractivity contribution in [3.63, 3.8) is 0 Å². The van der Waals surface area contributed by atoms with Gasteiger partial charge in [0, 0.05) is 12.4 Å². The van der Waals surface area contributed by atoms with E-state index in [0.717, 1.165) is 3.97 Å². The molecule has 2 rings (SSSR count). The molecule has 102 valence electrons. The number of nitrogen functional groups attached to an aromatic ring is 1. The summed E-state index contributed by atoms with van der Waals surface area (Å²) in [4.78, 5) is -0.290. The summed E-state index contributed by atoms with van der Waals surface area (Å²) >= 11 is 0. The van der Waals surface area contributed by atoms with Crippen LogP contribution in [-0.4, -0.2) is 19.0 Å². The van der Waals surface area contributed by atoms with Gasteiger partial charge in [0.25, 0.3) is 10.0 Å². The number of nitrogens with zero attached hydrogens (tertiary/aromatic N) is 1. The Morgan fingerprint density at radius 1 is 1.16 bits per heavy atom. The highest BCUT2D eigenvalue weighted by Crippen LogP contribution is 2.30. The van der Waals surface area contributed by atoms with Crippen LogP contribution in [0.5, 0.6) is 5.75 Å². The van der Waals surface area contributed by atoms with Gasteiger partial charge >= 0.3 is 6.61 Å². The molecule has 0 saturated carbocycles. The third-order valence-corrected chi connectivity index (χ3v) is 4.09. The molecule has 0 bridgehead atoms. The molecule has 2 N–H and O–H groups in total. The van der Waals surface area contributed by atoms with Crippen LogP contribution < -0.4 is 10.5 Å². The first kappa shape index (κ1) is 13.3. The van der Waals surface area contributed by atoms with Crippen molar-refractivity contribution in [1.82, 2.24) is 3.97 Å². The predicted molar refractivity (Wildman–Crippen MR) is 64.5 cm³/mol. The first-order valence-electron chi connectivity index (χ1n) is 5.15. The topological polar surface area (TPSA) is 74.3 Å². The summed E-state index contributed by atoms with van der Waals surface area (Å²) in [6, 6.07) is 6.73. The molecule has 0 radical (unpaired) electrons. The SMILES string of the molecule is Nc1c(OC(F)F)cccc1S(=O)(=O)n1cccc1. The number of aromatic nitrogens is 1. The lowest BCUT2D eigenvalue weighted by molar-refractivity contribution is -0.0494. The molecule has 0 saturated heterocycles. The second-order valence-electron chi connectivity index (χ2n) is 3.56. The monoisotopic (exact) mass is 288 g/mol. The van der Waals surface area contributed by atoms with Gasteiger partial charge in [0.05, 0.1) is 5.69 Å². The molecule has 0 fully saturated rings. The fourth-order valence-electron chi connectivity index (χ4n) is 1.54. The molecule has 0 atom stereocenters. The van der Waals surface area contributed by atoms with Crippen LogP contribution in [0.2, 0.25) is 0 Å². The van der Waals surface area contributed by atoms with E-state index in [4.69, 9.17) is 5.73 Å². The Hall–Kier alpha value is -2.09. The Bertz CT molecular complexity index is 669. The van der Waals surface area contributed by atoms with Gasteiger partial charge in [-0.15, -0.1) is 0 Å². The fourth-order valence-corrected chi connectivity index (χ4v) is 2.86. The van der Waals surface area contributed by atoms with Crippen molar-refractivity contribution in [2.45, 2.75) is 11.5 Å². The van der Waals surface area contributed by atoms with Crippen LogP contribution in [0.4, 0.5) is 14.5 Å². The lowest BCUT2D eigenvalue weighted by Crippen LogP contribution is -2.14. The quantitative estimate of drug-likeness (QED) is 0.872. The molecular formula is C11H10F2N2O3S. The zero-order valence-electron chi connectivity index (χ0n) is 9.53. The molecule has 0 aliphatic rings. The maximum absolute atomic E-state index is 12.2. The predicted octanol–water partition coefficient (Wildman–Crippen LogP) is 1.91. The van der Waals surface area contributed by atoms with Gasteiger partial charge in [0.1, 0.15) is 10.6 Å². The molecule has 0 spiro atoms. The van der Waals surface area contributed by atoms with Crippen LogP contribution >= 0.6 is 0 Å². The lowest BCUT2D eigenvalue weighted by atomic mass is 10.3. The number of hydrogen-bond donors (Lipinski definition) is 1. The van der Waals surface area contributed by atoms with Gasteiger partial charge in [0.15, 0.2) is 0 Å². The molecule has 2 aromatic rings. The maximum atomic E-state index is 12.2. The Morgan fingerprint density at radius 3 is 2.37 bits per heavy atom. The van der Waals surface area contributed by atoms with Crippen molar-refractivity contribution in [3.8, 4) is 5.75 Å². The van der Waals surface area contributed by atoms with Crippen LogP contribution in [-0.2, 0) is 10.0 Å². The molecule has 0 amide bonds. The van der Waals surface area contributed by atoms with Crippen molar-refractivity contribution in [3.05, 3.63) is 42.7 Å². The van der Waals surface area contributed by atoms with Crippen LogP contribution in [0.1, 0.15) is 0 Å². The van der Waals surface area contributed by atoms with Crippen molar-refractivity contribution in [1.29, 1.82) is 0 Å². The molecular weight excluding hydrogens is 278 g/mol. The highest BCUT2D eigenvalue weighted by molar-refractivity contribution is 7.90. The minimum atomic E-state index is -3.92. The number of halogens is 2. The summed E-state index contributed by atoms with van der Waals surface area (Å²) in [5, 5.41) is 0. The van der Waals surface area contributed by atoms with E-state index in [0.29, 0.717) is 0 Å². The number of rotatable bonds is 4. The molecule has 19 heavy (non-hydrogen) atoms. The smallest absolute Gasteiger partial charge is 0.387 e. The first-order chi connectivity index (χ1) is 8.93. The third-order valence-electron chi connectivity index (χ3n) is 2.37. The number of benzene rings is 1. The van der Waals surface area contributed by atoms with E-state index >= 15 is 0 Å². The number of para-hydroxylation sites is 1. The van der Waals surface area contributed by atoms with Crippen molar-refractivity contribution >= 4 is 15.7 Å². The number of nitrogens with two attached hydrogens (primary N) is 1. The molecule has 1 heterocycles. The van der Waals surface area contributed by atoms with Crippen LogP contribution in [0.25, 0.3) is 0 Å². The van der Waals surface area contributed by atoms with E-state index in [1.54, 1.807) is 0 Å². The zero-order valence-corrected chi connectivity index (χ0v) is 10.3. The van der Waals surface area contributed by atoms with Gasteiger partial charge in [-0.1, -0.05) is 6.07 Å². The molecule has 0 aliphatic heterocycles. The van der Waals surface area contributed by atoms with E-state index in [-0.39, 0.29) is 16.3 Å². The van der Waals surface area contributed by atoms with Gasteiger partial charge in [-0.25, -0.2) is 12.4 Å². The van der Waals surface area contributed by atoms with Gasteiger partial charge in [-0.05, 0) is 24.3 Å². The molecule has 5 nitrogen and oxygen atoms in total. The van der Waals surface area contributed by atoms with E-state index < -0.39 is 16.6 Å². The van der Waals surface area contributed by atoms with Gasteiger partial charge in [-0.2, -0.15) is 8.78 Å².